The lowest BCUT2D eigenvalue weighted by molar-refractivity contribution is -0.116. The standard InChI is InChI=1S/C22H19FN6O2S2/c1-2-11-29-18(12-19(30)24-15-8-4-3-7-14(15)23)27-28-22(29)32-13-20(31)26-21-25-16-9-5-6-10-17(16)33-21/h2-10H,1,11-13H2,(H,24,30)(H,25,26,31). The predicted molar refractivity (Wildman–Crippen MR) is 128 cm³/mol. The molecule has 0 aliphatic heterocycles. The van der Waals surface area contributed by atoms with E-state index in [-0.39, 0.29) is 23.8 Å². The third-order valence-electron chi connectivity index (χ3n) is 4.44. The highest BCUT2D eigenvalue weighted by molar-refractivity contribution is 7.99. The van der Waals surface area contributed by atoms with E-state index >= 15 is 0 Å². The van der Waals surface area contributed by atoms with Crippen molar-refractivity contribution < 1.29 is 14.0 Å². The van der Waals surface area contributed by atoms with E-state index in [9.17, 15) is 14.0 Å². The quantitative estimate of drug-likeness (QED) is 0.275. The van der Waals surface area contributed by atoms with Gasteiger partial charge in [-0.3, -0.25) is 9.59 Å². The Balaban J connectivity index is 1.38. The number of carbonyl (C=O) groups excluding carboxylic acids is 2. The maximum atomic E-state index is 13.8. The first kappa shape index (κ1) is 22.6. The first-order valence-electron chi connectivity index (χ1n) is 9.89. The summed E-state index contributed by atoms with van der Waals surface area (Å²) in [7, 11) is 0. The van der Waals surface area contributed by atoms with E-state index in [1.54, 1.807) is 22.8 Å². The highest BCUT2D eigenvalue weighted by Gasteiger charge is 2.17. The first-order valence-corrected chi connectivity index (χ1v) is 11.7. The molecule has 0 fully saturated rings. The van der Waals surface area contributed by atoms with Crippen LogP contribution < -0.4 is 10.6 Å². The summed E-state index contributed by atoms with van der Waals surface area (Å²) in [5.74, 6) is -0.701. The number of thioether (sulfide) groups is 1. The molecule has 0 aliphatic rings. The number of hydrogen-bond acceptors (Lipinski definition) is 7. The highest BCUT2D eigenvalue weighted by Crippen LogP contribution is 2.26. The van der Waals surface area contributed by atoms with Crippen molar-refractivity contribution in [2.24, 2.45) is 0 Å². The van der Waals surface area contributed by atoms with Gasteiger partial charge in [0.2, 0.25) is 11.8 Å². The molecule has 2 N–H and O–H groups in total. The molecule has 33 heavy (non-hydrogen) atoms. The average molecular weight is 483 g/mol. The number of nitrogens with one attached hydrogen (secondary N) is 2. The van der Waals surface area contributed by atoms with Crippen molar-refractivity contribution in [3.63, 3.8) is 0 Å². The summed E-state index contributed by atoms with van der Waals surface area (Å²) in [6.07, 6.45) is 1.54. The van der Waals surface area contributed by atoms with E-state index in [0.29, 0.717) is 22.7 Å². The Kier molecular flexibility index (Phi) is 7.10. The lowest BCUT2D eigenvalue weighted by atomic mass is 10.3. The van der Waals surface area contributed by atoms with Crippen molar-refractivity contribution in [3.05, 3.63) is 72.8 Å². The number of rotatable bonds is 9. The van der Waals surface area contributed by atoms with Crippen LogP contribution in [0.1, 0.15) is 5.82 Å². The van der Waals surface area contributed by atoms with Gasteiger partial charge in [-0.05, 0) is 24.3 Å². The number of aromatic nitrogens is 4. The van der Waals surface area contributed by atoms with Crippen LogP contribution in [0.15, 0.2) is 66.3 Å². The highest BCUT2D eigenvalue weighted by atomic mass is 32.2. The summed E-state index contributed by atoms with van der Waals surface area (Å²) in [4.78, 5) is 29.2. The van der Waals surface area contributed by atoms with E-state index in [0.717, 1.165) is 10.2 Å². The number of thiazole rings is 1. The summed E-state index contributed by atoms with van der Waals surface area (Å²) >= 11 is 2.59. The molecule has 8 nitrogen and oxygen atoms in total. The second-order valence-electron chi connectivity index (χ2n) is 6.83. The fourth-order valence-electron chi connectivity index (χ4n) is 2.98. The van der Waals surface area contributed by atoms with Crippen LogP contribution in [0.2, 0.25) is 0 Å². The van der Waals surface area contributed by atoms with Gasteiger partial charge in [-0.1, -0.05) is 53.4 Å². The number of halogens is 1. The first-order chi connectivity index (χ1) is 16.0. The molecule has 0 radical (unpaired) electrons. The van der Waals surface area contributed by atoms with Gasteiger partial charge in [0.25, 0.3) is 0 Å². The Bertz CT molecular complexity index is 1290. The number of nitrogens with zero attached hydrogens (tertiary/aromatic N) is 4. The maximum absolute atomic E-state index is 13.8. The minimum Gasteiger partial charge on any atom is -0.323 e. The summed E-state index contributed by atoms with van der Waals surface area (Å²) in [5.41, 5.74) is 0.924. The third-order valence-corrected chi connectivity index (χ3v) is 6.36. The number of anilines is 2. The second kappa shape index (κ2) is 10.4. The smallest absolute Gasteiger partial charge is 0.236 e. The molecule has 0 atom stereocenters. The van der Waals surface area contributed by atoms with E-state index in [2.05, 4.69) is 32.4 Å². The zero-order valence-corrected chi connectivity index (χ0v) is 19.0. The van der Waals surface area contributed by atoms with Gasteiger partial charge in [-0.2, -0.15) is 0 Å². The summed E-state index contributed by atoms with van der Waals surface area (Å²) in [5, 5.41) is 14.5. The zero-order chi connectivity index (χ0) is 23.2. The molecule has 0 aliphatic carbocycles. The van der Waals surface area contributed by atoms with Gasteiger partial charge in [0.1, 0.15) is 11.6 Å². The summed E-state index contributed by atoms with van der Waals surface area (Å²) in [6, 6.07) is 13.6. The Morgan fingerprint density at radius 3 is 2.67 bits per heavy atom. The van der Waals surface area contributed by atoms with Crippen molar-refractivity contribution in [1.29, 1.82) is 0 Å². The number of allylic oxidation sites excluding steroid dienone is 1. The molecule has 2 heterocycles. The zero-order valence-electron chi connectivity index (χ0n) is 17.3. The van der Waals surface area contributed by atoms with Gasteiger partial charge < -0.3 is 15.2 Å². The molecule has 2 amide bonds. The largest absolute Gasteiger partial charge is 0.323 e. The fourth-order valence-corrected chi connectivity index (χ4v) is 4.63. The summed E-state index contributed by atoms with van der Waals surface area (Å²) in [6.45, 7) is 4.08. The summed E-state index contributed by atoms with van der Waals surface area (Å²) < 4.78 is 16.5. The van der Waals surface area contributed by atoms with Gasteiger partial charge in [0.05, 0.1) is 28.1 Å². The van der Waals surface area contributed by atoms with Gasteiger partial charge in [0, 0.05) is 6.54 Å². The molecule has 4 rings (SSSR count). The fraction of sp³-hybridized carbons (Fsp3) is 0.136. The van der Waals surface area contributed by atoms with Gasteiger partial charge in [0.15, 0.2) is 10.3 Å². The third kappa shape index (κ3) is 5.62. The molecule has 2 aromatic carbocycles. The number of amides is 2. The molecule has 0 saturated heterocycles. The Labute approximate surface area is 196 Å². The predicted octanol–water partition coefficient (Wildman–Crippen LogP) is 4.12. The van der Waals surface area contributed by atoms with Crippen LogP contribution in [0, 0.1) is 5.82 Å². The van der Waals surface area contributed by atoms with Crippen molar-refractivity contribution >= 4 is 55.9 Å². The normalized spacial score (nSPS) is 10.8. The van der Waals surface area contributed by atoms with Crippen molar-refractivity contribution in [2.75, 3.05) is 16.4 Å². The lowest BCUT2D eigenvalue weighted by Gasteiger charge is -2.09. The molecule has 0 spiro atoms. The molecular formula is C22H19FN6O2S2. The minimum absolute atomic E-state index is 0.0899. The number of fused-ring (bicyclic) bond motifs is 1. The minimum atomic E-state index is -0.520. The van der Waals surface area contributed by atoms with Gasteiger partial charge >= 0.3 is 0 Å². The van der Waals surface area contributed by atoms with Crippen LogP contribution in [0.3, 0.4) is 0 Å². The number of benzene rings is 2. The van der Waals surface area contributed by atoms with Crippen molar-refractivity contribution in [2.45, 2.75) is 18.1 Å². The average Bonchev–Trinajstić information content (AvgIpc) is 3.37. The second-order valence-corrected chi connectivity index (χ2v) is 8.80. The molecule has 2 aromatic heterocycles. The van der Waals surface area contributed by atoms with Crippen LogP contribution in [-0.4, -0.2) is 37.3 Å². The van der Waals surface area contributed by atoms with Gasteiger partial charge in [-0.25, -0.2) is 9.37 Å². The van der Waals surface area contributed by atoms with Crippen LogP contribution in [-0.2, 0) is 22.6 Å². The van der Waals surface area contributed by atoms with Crippen LogP contribution in [0.4, 0.5) is 15.2 Å². The Morgan fingerprint density at radius 2 is 1.88 bits per heavy atom. The molecule has 4 aromatic rings. The monoisotopic (exact) mass is 482 g/mol. The number of para-hydroxylation sites is 2. The Hall–Kier alpha value is -3.57. The van der Waals surface area contributed by atoms with E-state index < -0.39 is 11.7 Å². The number of carbonyl (C=O) groups is 2. The van der Waals surface area contributed by atoms with E-state index in [1.165, 1.54) is 35.2 Å². The molecule has 11 heteroatoms. The molecule has 0 saturated carbocycles. The Morgan fingerprint density at radius 1 is 1.09 bits per heavy atom. The SMILES string of the molecule is C=CCn1c(CC(=O)Nc2ccccc2F)nnc1SCC(=O)Nc1nc2ccccc2s1. The van der Waals surface area contributed by atoms with Crippen LogP contribution in [0.25, 0.3) is 10.2 Å². The van der Waals surface area contributed by atoms with Crippen molar-refractivity contribution in [3.8, 4) is 0 Å². The maximum Gasteiger partial charge on any atom is 0.236 e. The molecular weight excluding hydrogens is 463 g/mol. The molecule has 0 bridgehead atoms. The van der Waals surface area contributed by atoms with Gasteiger partial charge in [-0.15, -0.1) is 16.8 Å². The van der Waals surface area contributed by atoms with Crippen LogP contribution >= 0.6 is 23.1 Å². The molecule has 0 unspecified atom stereocenters. The lowest BCUT2D eigenvalue weighted by Crippen LogP contribution is -2.18. The van der Waals surface area contributed by atoms with E-state index in [1.807, 2.05) is 24.3 Å². The number of hydrogen-bond donors (Lipinski definition) is 2. The molecule has 168 valence electrons. The van der Waals surface area contributed by atoms with E-state index in [4.69, 9.17) is 0 Å². The van der Waals surface area contributed by atoms with Crippen LogP contribution in [0.5, 0.6) is 0 Å². The van der Waals surface area contributed by atoms with Crippen molar-refractivity contribution in [1.82, 2.24) is 19.7 Å². The topological polar surface area (TPSA) is 102 Å².